The van der Waals surface area contributed by atoms with Gasteiger partial charge in [0.05, 0.1) is 17.4 Å². The van der Waals surface area contributed by atoms with Gasteiger partial charge in [0.25, 0.3) is 0 Å². The first-order valence-corrected chi connectivity index (χ1v) is 7.92. The second-order valence-corrected chi connectivity index (χ2v) is 6.00. The van der Waals surface area contributed by atoms with Gasteiger partial charge in [-0.3, -0.25) is 4.79 Å². The van der Waals surface area contributed by atoms with E-state index >= 15 is 0 Å². The van der Waals surface area contributed by atoms with Gasteiger partial charge in [0.15, 0.2) is 0 Å². The fourth-order valence-corrected chi connectivity index (χ4v) is 2.62. The molecule has 7 heteroatoms. The normalized spacial score (nSPS) is 15.8. The molecule has 1 aromatic heterocycles. The lowest BCUT2D eigenvalue weighted by Crippen LogP contribution is -2.29. The molecule has 1 aliphatic heterocycles. The Morgan fingerprint density at radius 3 is 2.88 bits per heavy atom. The Hall–Kier alpha value is -2.70. The van der Waals surface area contributed by atoms with Crippen LogP contribution in [0.1, 0.15) is 30.7 Å². The Bertz CT molecular complexity index is 811. The lowest BCUT2D eigenvalue weighted by atomic mass is 10.0. The van der Waals surface area contributed by atoms with Crippen molar-refractivity contribution in [2.75, 3.05) is 11.9 Å². The van der Waals surface area contributed by atoms with Gasteiger partial charge in [0.1, 0.15) is 24.8 Å². The highest BCUT2D eigenvalue weighted by atomic mass is 19.1. The SMILES string of the molecule is CC(=O)OCc1nc2c(cc1Cc1ccc(F)cc1F)N[C@@H](C)CO2. The zero-order valence-corrected chi connectivity index (χ0v) is 13.9. The molecule has 2 heterocycles. The van der Waals surface area contributed by atoms with Crippen molar-refractivity contribution in [1.82, 2.24) is 4.98 Å². The van der Waals surface area contributed by atoms with Gasteiger partial charge >= 0.3 is 5.97 Å². The minimum Gasteiger partial charge on any atom is -0.474 e. The summed E-state index contributed by atoms with van der Waals surface area (Å²) < 4.78 is 37.7. The molecule has 1 N–H and O–H groups in total. The van der Waals surface area contributed by atoms with Crippen molar-refractivity contribution < 1.29 is 23.0 Å². The van der Waals surface area contributed by atoms with Gasteiger partial charge in [-0.25, -0.2) is 13.8 Å². The molecular formula is C18H18F2N2O3. The van der Waals surface area contributed by atoms with Crippen LogP contribution in [0, 0.1) is 11.6 Å². The molecule has 0 bridgehead atoms. The van der Waals surface area contributed by atoms with Crippen molar-refractivity contribution in [3.63, 3.8) is 0 Å². The first-order chi connectivity index (χ1) is 11.9. The van der Waals surface area contributed by atoms with Crippen molar-refractivity contribution in [3.8, 4) is 5.88 Å². The van der Waals surface area contributed by atoms with Crippen molar-refractivity contribution in [2.45, 2.75) is 32.9 Å². The van der Waals surface area contributed by atoms with E-state index in [0.717, 1.165) is 6.07 Å². The molecule has 5 nitrogen and oxygen atoms in total. The van der Waals surface area contributed by atoms with E-state index in [1.165, 1.54) is 19.1 Å². The number of carbonyl (C=O) groups excluding carboxylic acids is 1. The molecule has 1 atom stereocenters. The van der Waals surface area contributed by atoms with Gasteiger partial charge in [-0.05, 0) is 30.2 Å². The van der Waals surface area contributed by atoms with E-state index in [4.69, 9.17) is 9.47 Å². The Balaban J connectivity index is 1.96. The summed E-state index contributed by atoms with van der Waals surface area (Å²) in [6.07, 6.45) is 0.194. The summed E-state index contributed by atoms with van der Waals surface area (Å²) >= 11 is 0. The first-order valence-electron chi connectivity index (χ1n) is 7.92. The second-order valence-electron chi connectivity index (χ2n) is 6.00. The monoisotopic (exact) mass is 348 g/mol. The number of ether oxygens (including phenoxy) is 2. The number of pyridine rings is 1. The van der Waals surface area contributed by atoms with Gasteiger partial charge in [-0.2, -0.15) is 0 Å². The lowest BCUT2D eigenvalue weighted by Gasteiger charge is -2.25. The number of halogens is 2. The van der Waals surface area contributed by atoms with Crippen LogP contribution in [0.3, 0.4) is 0 Å². The van der Waals surface area contributed by atoms with Crippen molar-refractivity contribution in [3.05, 3.63) is 52.7 Å². The molecule has 1 aromatic carbocycles. The van der Waals surface area contributed by atoms with Gasteiger partial charge in [0, 0.05) is 19.4 Å². The highest BCUT2D eigenvalue weighted by molar-refractivity contribution is 5.66. The third-order valence-corrected chi connectivity index (χ3v) is 3.84. The van der Waals surface area contributed by atoms with Crippen LogP contribution >= 0.6 is 0 Å². The standard InChI is InChI=1S/C18H18F2N2O3/c1-10-8-25-18-16(21-10)6-13(17(22-18)9-24-11(2)23)5-12-3-4-14(19)7-15(12)20/h3-4,6-7,10,21H,5,8-9H2,1-2H3/t10-/m0/s1. The number of fused-ring (bicyclic) bond motifs is 1. The van der Waals surface area contributed by atoms with Crippen LogP contribution in [-0.2, 0) is 22.6 Å². The molecule has 0 saturated heterocycles. The summed E-state index contributed by atoms with van der Waals surface area (Å²) in [5, 5.41) is 3.25. The Kier molecular flexibility index (Phi) is 4.83. The number of carbonyl (C=O) groups is 1. The molecule has 0 aliphatic carbocycles. The molecule has 0 unspecified atom stereocenters. The summed E-state index contributed by atoms with van der Waals surface area (Å²) in [6.45, 7) is 3.70. The van der Waals surface area contributed by atoms with Crippen LogP contribution in [0.4, 0.5) is 14.5 Å². The van der Waals surface area contributed by atoms with Gasteiger partial charge in [-0.1, -0.05) is 6.07 Å². The topological polar surface area (TPSA) is 60.5 Å². The molecule has 2 aromatic rings. The Labute approximate surface area is 144 Å². The van der Waals surface area contributed by atoms with E-state index in [-0.39, 0.29) is 19.1 Å². The number of esters is 1. The maximum absolute atomic E-state index is 14.0. The number of nitrogens with one attached hydrogen (secondary N) is 1. The smallest absolute Gasteiger partial charge is 0.303 e. The van der Waals surface area contributed by atoms with Crippen LogP contribution in [0.15, 0.2) is 24.3 Å². The van der Waals surface area contributed by atoms with E-state index in [2.05, 4.69) is 10.3 Å². The maximum Gasteiger partial charge on any atom is 0.303 e. The van der Waals surface area contributed by atoms with Crippen LogP contribution in [0.25, 0.3) is 0 Å². The fourth-order valence-electron chi connectivity index (χ4n) is 2.62. The zero-order chi connectivity index (χ0) is 18.0. The van der Waals surface area contributed by atoms with Crippen LogP contribution in [-0.4, -0.2) is 23.6 Å². The summed E-state index contributed by atoms with van der Waals surface area (Å²) in [5.41, 5.74) is 2.18. The van der Waals surface area contributed by atoms with Gasteiger partial charge < -0.3 is 14.8 Å². The minimum atomic E-state index is -0.631. The van der Waals surface area contributed by atoms with Crippen LogP contribution < -0.4 is 10.1 Å². The molecule has 0 spiro atoms. The van der Waals surface area contributed by atoms with E-state index < -0.39 is 17.6 Å². The third kappa shape index (κ3) is 4.04. The number of rotatable bonds is 4. The van der Waals surface area contributed by atoms with Crippen LogP contribution in [0.2, 0.25) is 0 Å². The number of aromatic nitrogens is 1. The predicted octanol–water partition coefficient (Wildman–Crippen LogP) is 3.21. The predicted molar refractivity (Wildman–Crippen MR) is 87.5 cm³/mol. The third-order valence-electron chi connectivity index (χ3n) is 3.84. The molecule has 1 aliphatic rings. The Morgan fingerprint density at radius 1 is 1.36 bits per heavy atom. The fraction of sp³-hybridized carbons (Fsp3) is 0.333. The number of hydrogen-bond acceptors (Lipinski definition) is 5. The number of nitrogens with zero attached hydrogens (tertiary/aromatic N) is 1. The maximum atomic E-state index is 14.0. The molecule has 3 rings (SSSR count). The highest BCUT2D eigenvalue weighted by Crippen LogP contribution is 2.31. The Morgan fingerprint density at radius 2 is 2.16 bits per heavy atom. The lowest BCUT2D eigenvalue weighted by molar-refractivity contribution is -0.142. The second kappa shape index (κ2) is 7.04. The quantitative estimate of drug-likeness (QED) is 0.860. The largest absolute Gasteiger partial charge is 0.474 e. The van der Waals surface area contributed by atoms with E-state index in [0.29, 0.717) is 35.0 Å². The molecule has 0 amide bonds. The summed E-state index contributed by atoms with van der Waals surface area (Å²) in [7, 11) is 0. The number of benzene rings is 1. The van der Waals surface area contributed by atoms with Crippen molar-refractivity contribution in [2.24, 2.45) is 0 Å². The number of hydrogen-bond donors (Lipinski definition) is 1. The highest BCUT2D eigenvalue weighted by Gasteiger charge is 2.21. The van der Waals surface area contributed by atoms with Gasteiger partial charge in [0.2, 0.25) is 5.88 Å². The summed E-state index contributed by atoms with van der Waals surface area (Å²) in [4.78, 5) is 15.5. The molecule has 0 fully saturated rings. The van der Waals surface area contributed by atoms with Crippen molar-refractivity contribution >= 4 is 11.7 Å². The zero-order valence-electron chi connectivity index (χ0n) is 13.9. The average molecular weight is 348 g/mol. The molecular weight excluding hydrogens is 330 g/mol. The van der Waals surface area contributed by atoms with Crippen LogP contribution in [0.5, 0.6) is 5.88 Å². The summed E-state index contributed by atoms with van der Waals surface area (Å²) in [5.74, 6) is -1.28. The van der Waals surface area contributed by atoms with E-state index in [1.807, 2.05) is 6.92 Å². The van der Waals surface area contributed by atoms with Crippen molar-refractivity contribution in [1.29, 1.82) is 0 Å². The van der Waals surface area contributed by atoms with E-state index in [9.17, 15) is 13.6 Å². The summed E-state index contributed by atoms with van der Waals surface area (Å²) in [6, 6.07) is 5.37. The number of anilines is 1. The molecule has 0 saturated carbocycles. The molecule has 25 heavy (non-hydrogen) atoms. The first kappa shape index (κ1) is 17.1. The average Bonchev–Trinajstić information content (AvgIpc) is 2.55. The van der Waals surface area contributed by atoms with Gasteiger partial charge in [-0.15, -0.1) is 0 Å². The molecule has 132 valence electrons. The van der Waals surface area contributed by atoms with E-state index in [1.54, 1.807) is 6.07 Å². The molecule has 0 radical (unpaired) electrons. The minimum absolute atomic E-state index is 0.0420.